The molecule has 3 rings (SSSR count). The van der Waals surface area contributed by atoms with Gasteiger partial charge in [0.15, 0.2) is 0 Å². The summed E-state index contributed by atoms with van der Waals surface area (Å²) in [5.41, 5.74) is -0.583. The Morgan fingerprint density at radius 2 is 1.83 bits per heavy atom. The van der Waals surface area contributed by atoms with Gasteiger partial charge in [-0.2, -0.15) is 9.57 Å². The highest BCUT2D eigenvalue weighted by Crippen LogP contribution is 2.46. The maximum absolute atomic E-state index is 12.5. The molecule has 1 atom stereocenters. The fourth-order valence-corrected chi connectivity index (χ4v) is 5.70. The third kappa shape index (κ3) is 4.05. The van der Waals surface area contributed by atoms with Gasteiger partial charge < -0.3 is 4.90 Å². The van der Waals surface area contributed by atoms with Crippen molar-refractivity contribution in [1.29, 1.82) is 5.26 Å². The number of nitrogens with zero attached hydrogens (tertiary/aromatic N) is 4. The summed E-state index contributed by atoms with van der Waals surface area (Å²) in [6.45, 7) is 4.98. The smallest absolute Gasteiger partial charge is 0.215 e. The average Bonchev–Trinajstić information content (AvgIpc) is 3.30. The van der Waals surface area contributed by atoms with E-state index in [1.807, 2.05) is 0 Å². The highest BCUT2D eigenvalue weighted by Gasteiger charge is 2.48. The molecule has 0 aromatic carbocycles. The van der Waals surface area contributed by atoms with Crippen LogP contribution < -0.4 is 0 Å². The lowest BCUT2D eigenvalue weighted by Gasteiger charge is -2.39. The summed E-state index contributed by atoms with van der Waals surface area (Å²) < 4.78 is 26.6. The molecule has 0 spiro atoms. The van der Waals surface area contributed by atoms with Crippen LogP contribution in [0.1, 0.15) is 32.1 Å². The van der Waals surface area contributed by atoms with Crippen LogP contribution >= 0.6 is 0 Å². The summed E-state index contributed by atoms with van der Waals surface area (Å²) in [5, 5.41) is 9.12. The highest BCUT2D eigenvalue weighted by atomic mass is 32.2. The topological polar surface area (TPSA) is 67.7 Å². The van der Waals surface area contributed by atoms with Crippen molar-refractivity contribution in [2.45, 2.75) is 38.1 Å². The number of sulfonamides is 1. The molecule has 3 fully saturated rings. The van der Waals surface area contributed by atoms with E-state index in [1.54, 1.807) is 4.31 Å². The van der Waals surface area contributed by atoms with Gasteiger partial charge in [-0.25, -0.2) is 8.42 Å². The van der Waals surface area contributed by atoms with Gasteiger partial charge in [0.05, 0.1) is 17.2 Å². The van der Waals surface area contributed by atoms with Crippen LogP contribution in [0.4, 0.5) is 0 Å². The van der Waals surface area contributed by atoms with Gasteiger partial charge in [0.2, 0.25) is 10.0 Å². The third-order valence-electron chi connectivity index (χ3n) is 5.66. The maximum Gasteiger partial charge on any atom is 0.215 e. The molecule has 1 aliphatic carbocycles. The van der Waals surface area contributed by atoms with Crippen LogP contribution in [0.5, 0.6) is 0 Å². The van der Waals surface area contributed by atoms with Crippen molar-refractivity contribution < 1.29 is 8.42 Å². The normalized spacial score (nSPS) is 30.0. The number of hydrogen-bond acceptors (Lipinski definition) is 5. The fraction of sp³-hybridized carbons (Fsp3) is 0.938. The summed E-state index contributed by atoms with van der Waals surface area (Å²) in [5.74, 6) is 0.0157. The van der Waals surface area contributed by atoms with Gasteiger partial charge in [-0.15, -0.1) is 0 Å². The molecular weight excluding hydrogens is 312 g/mol. The number of likely N-dealkylation sites (tertiary alicyclic amines) is 1. The molecule has 0 aromatic rings. The molecule has 0 aromatic heterocycles. The van der Waals surface area contributed by atoms with E-state index >= 15 is 0 Å². The largest absolute Gasteiger partial charge is 0.302 e. The van der Waals surface area contributed by atoms with Crippen LogP contribution in [-0.2, 0) is 10.0 Å². The fourth-order valence-electron chi connectivity index (χ4n) is 3.74. The van der Waals surface area contributed by atoms with Crippen molar-refractivity contribution >= 4 is 10.0 Å². The summed E-state index contributed by atoms with van der Waals surface area (Å²) in [6, 6.07) is 2.80. The Hall–Kier alpha value is -0.680. The van der Waals surface area contributed by atoms with E-state index in [1.165, 1.54) is 25.8 Å². The number of piperidine rings is 1. The van der Waals surface area contributed by atoms with E-state index < -0.39 is 15.4 Å². The van der Waals surface area contributed by atoms with Crippen molar-refractivity contribution in [1.82, 2.24) is 14.1 Å². The second kappa shape index (κ2) is 6.67. The molecule has 0 bridgehead atoms. The molecule has 1 saturated carbocycles. The van der Waals surface area contributed by atoms with Crippen LogP contribution in [0.3, 0.4) is 0 Å². The summed E-state index contributed by atoms with van der Waals surface area (Å²) in [4.78, 5) is 4.84. The summed E-state index contributed by atoms with van der Waals surface area (Å²) in [6.07, 6.45) is 5.31. The lowest BCUT2D eigenvalue weighted by atomic mass is 10.0. The molecule has 2 heterocycles. The van der Waals surface area contributed by atoms with Crippen molar-refractivity contribution in [2.75, 3.05) is 52.1 Å². The molecule has 7 heteroatoms. The van der Waals surface area contributed by atoms with Crippen molar-refractivity contribution in [3.63, 3.8) is 0 Å². The quantitative estimate of drug-likeness (QED) is 0.738. The SMILES string of the molecule is CN1CCCCC1CN1CCN(S(=O)(=O)CC2(C#N)CC2)CC1. The number of piperazine rings is 1. The monoisotopic (exact) mass is 340 g/mol. The Kier molecular flexibility index (Phi) is 4.98. The maximum atomic E-state index is 12.5. The van der Waals surface area contributed by atoms with E-state index in [0.717, 1.165) is 32.5 Å². The second-order valence-corrected chi connectivity index (χ2v) is 9.45. The number of nitriles is 1. The van der Waals surface area contributed by atoms with E-state index in [2.05, 4.69) is 22.9 Å². The van der Waals surface area contributed by atoms with Crippen LogP contribution in [0.25, 0.3) is 0 Å². The molecular formula is C16H28N4O2S. The Morgan fingerprint density at radius 1 is 1.13 bits per heavy atom. The van der Waals surface area contributed by atoms with Crippen LogP contribution in [0, 0.1) is 16.7 Å². The minimum Gasteiger partial charge on any atom is -0.302 e. The van der Waals surface area contributed by atoms with Gasteiger partial charge in [-0.1, -0.05) is 6.42 Å². The summed E-state index contributed by atoms with van der Waals surface area (Å²) in [7, 11) is -1.09. The minimum atomic E-state index is -3.28. The van der Waals surface area contributed by atoms with Gasteiger partial charge in [-0.05, 0) is 39.3 Å². The first-order valence-electron chi connectivity index (χ1n) is 8.76. The Morgan fingerprint density at radius 3 is 2.39 bits per heavy atom. The lowest BCUT2D eigenvalue weighted by Crippen LogP contribution is -2.53. The number of hydrogen-bond donors (Lipinski definition) is 0. The molecule has 23 heavy (non-hydrogen) atoms. The van der Waals surface area contributed by atoms with Gasteiger partial charge in [-0.3, -0.25) is 4.90 Å². The molecule has 2 saturated heterocycles. The molecule has 0 amide bonds. The molecule has 0 radical (unpaired) electrons. The Labute approximate surface area is 140 Å². The highest BCUT2D eigenvalue weighted by molar-refractivity contribution is 7.89. The van der Waals surface area contributed by atoms with Crippen molar-refractivity contribution in [3.8, 4) is 6.07 Å². The predicted octanol–water partition coefficient (Wildman–Crippen LogP) is 0.722. The lowest BCUT2D eigenvalue weighted by molar-refractivity contribution is 0.106. The first-order valence-corrected chi connectivity index (χ1v) is 10.4. The second-order valence-electron chi connectivity index (χ2n) is 7.48. The zero-order chi connectivity index (χ0) is 16.5. The van der Waals surface area contributed by atoms with Crippen LogP contribution in [0.15, 0.2) is 0 Å². The van der Waals surface area contributed by atoms with Gasteiger partial charge >= 0.3 is 0 Å². The number of rotatable bonds is 5. The summed E-state index contributed by atoms with van der Waals surface area (Å²) >= 11 is 0. The molecule has 130 valence electrons. The molecule has 3 aliphatic rings. The van der Waals surface area contributed by atoms with E-state index in [-0.39, 0.29) is 5.75 Å². The first-order chi connectivity index (χ1) is 10.9. The van der Waals surface area contributed by atoms with E-state index in [4.69, 9.17) is 5.26 Å². The average molecular weight is 340 g/mol. The van der Waals surface area contributed by atoms with Crippen molar-refractivity contribution in [2.24, 2.45) is 5.41 Å². The predicted molar refractivity (Wildman–Crippen MR) is 89.3 cm³/mol. The Balaban J connectivity index is 1.49. The zero-order valence-electron chi connectivity index (χ0n) is 14.1. The molecule has 6 nitrogen and oxygen atoms in total. The molecule has 2 aliphatic heterocycles. The van der Waals surface area contributed by atoms with Gasteiger partial charge in [0.25, 0.3) is 0 Å². The van der Waals surface area contributed by atoms with E-state index in [0.29, 0.717) is 19.1 Å². The minimum absolute atomic E-state index is 0.0157. The Bertz CT molecular complexity index is 559. The standard InChI is InChI=1S/C16H28N4O2S/c1-18-7-3-2-4-15(18)12-19-8-10-20(11-9-19)23(21,22)14-16(13-17)5-6-16/h15H,2-12,14H2,1H3. The molecule has 0 N–H and O–H groups in total. The van der Waals surface area contributed by atoms with Gasteiger partial charge in [0.1, 0.15) is 0 Å². The van der Waals surface area contributed by atoms with Crippen LogP contribution in [0.2, 0.25) is 0 Å². The first kappa shape index (κ1) is 17.2. The van der Waals surface area contributed by atoms with Crippen molar-refractivity contribution in [3.05, 3.63) is 0 Å². The van der Waals surface area contributed by atoms with Gasteiger partial charge in [0, 0.05) is 38.8 Å². The number of likely N-dealkylation sites (N-methyl/N-ethyl adjacent to an activating group) is 1. The third-order valence-corrected chi connectivity index (χ3v) is 7.73. The van der Waals surface area contributed by atoms with E-state index in [9.17, 15) is 8.42 Å². The molecule has 1 unspecified atom stereocenters. The zero-order valence-corrected chi connectivity index (χ0v) is 14.9. The van der Waals surface area contributed by atoms with Crippen LogP contribution in [-0.4, -0.2) is 80.6 Å².